The van der Waals surface area contributed by atoms with Crippen LogP contribution in [0.1, 0.15) is 26.3 Å². The molecule has 0 aromatic heterocycles. The molecule has 0 radical (unpaired) electrons. The third-order valence-electron chi connectivity index (χ3n) is 3.72. The molecular weight excluding hydrogens is 252 g/mol. The van der Waals surface area contributed by atoms with Crippen molar-refractivity contribution in [1.82, 2.24) is 4.90 Å². The maximum Gasteiger partial charge on any atom is 0.239 e. The number of benzene rings is 1. The van der Waals surface area contributed by atoms with E-state index < -0.39 is 6.04 Å². The van der Waals surface area contributed by atoms with E-state index in [4.69, 9.17) is 10.5 Å². The van der Waals surface area contributed by atoms with Gasteiger partial charge in [-0.05, 0) is 30.9 Å². The molecule has 0 aliphatic carbocycles. The van der Waals surface area contributed by atoms with Gasteiger partial charge in [-0.1, -0.05) is 32.0 Å². The molecule has 0 saturated carbocycles. The first-order valence-electron chi connectivity index (χ1n) is 7.02. The maximum absolute atomic E-state index is 12.2. The largest absolute Gasteiger partial charge is 0.496 e. The van der Waals surface area contributed by atoms with Crippen LogP contribution in [0, 0.1) is 5.92 Å². The van der Waals surface area contributed by atoms with E-state index in [9.17, 15) is 4.79 Å². The first-order chi connectivity index (χ1) is 9.38. The fourth-order valence-electron chi connectivity index (χ4n) is 2.06. The van der Waals surface area contributed by atoms with Crippen LogP contribution in [0.3, 0.4) is 0 Å². The highest BCUT2D eigenvalue weighted by Crippen LogP contribution is 2.20. The Morgan fingerprint density at radius 1 is 1.30 bits per heavy atom. The van der Waals surface area contributed by atoms with Crippen molar-refractivity contribution in [2.45, 2.75) is 39.3 Å². The van der Waals surface area contributed by atoms with Gasteiger partial charge in [0.25, 0.3) is 0 Å². The summed E-state index contributed by atoms with van der Waals surface area (Å²) in [5, 5.41) is 0. The van der Waals surface area contributed by atoms with Gasteiger partial charge >= 0.3 is 0 Å². The van der Waals surface area contributed by atoms with Crippen molar-refractivity contribution in [3.05, 3.63) is 29.8 Å². The third-order valence-corrected chi connectivity index (χ3v) is 3.72. The average Bonchev–Trinajstić information content (AvgIpc) is 2.45. The fraction of sp³-hybridized carbons (Fsp3) is 0.562. The summed E-state index contributed by atoms with van der Waals surface area (Å²) in [5.74, 6) is 0.985. The van der Waals surface area contributed by atoms with E-state index in [-0.39, 0.29) is 17.9 Å². The molecule has 112 valence electrons. The highest BCUT2D eigenvalue weighted by molar-refractivity contribution is 5.82. The Labute approximate surface area is 121 Å². The van der Waals surface area contributed by atoms with Gasteiger partial charge in [0.15, 0.2) is 0 Å². The smallest absolute Gasteiger partial charge is 0.239 e. The van der Waals surface area contributed by atoms with E-state index in [1.807, 2.05) is 52.1 Å². The zero-order valence-corrected chi connectivity index (χ0v) is 13.1. The average molecular weight is 278 g/mol. The summed E-state index contributed by atoms with van der Waals surface area (Å²) in [4.78, 5) is 14.0. The molecule has 0 heterocycles. The molecule has 4 nitrogen and oxygen atoms in total. The first-order valence-corrected chi connectivity index (χ1v) is 7.02. The molecule has 2 unspecified atom stereocenters. The topological polar surface area (TPSA) is 55.6 Å². The molecule has 0 spiro atoms. The molecule has 0 bridgehead atoms. The van der Waals surface area contributed by atoms with Crippen LogP contribution in [-0.2, 0) is 11.2 Å². The number of carbonyl (C=O) groups excluding carboxylic acids is 1. The number of hydrogen-bond acceptors (Lipinski definition) is 3. The maximum atomic E-state index is 12.2. The van der Waals surface area contributed by atoms with E-state index in [0.29, 0.717) is 0 Å². The summed E-state index contributed by atoms with van der Waals surface area (Å²) in [6, 6.07) is 7.51. The Balaban J connectivity index is 2.75. The molecule has 1 amide bonds. The lowest BCUT2D eigenvalue weighted by Gasteiger charge is -2.29. The monoisotopic (exact) mass is 278 g/mol. The van der Waals surface area contributed by atoms with Gasteiger partial charge in [-0.3, -0.25) is 4.79 Å². The van der Waals surface area contributed by atoms with Crippen molar-refractivity contribution in [3.8, 4) is 5.75 Å². The molecule has 0 aliphatic heterocycles. The van der Waals surface area contributed by atoms with Gasteiger partial charge in [-0.15, -0.1) is 0 Å². The lowest BCUT2D eigenvalue weighted by atomic mass is 10.0. The molecule has 2 atom stereocenters. The number of ether oxygens (including phenoxy) is 1. The molecule has 0 fully saturated rings. The van der Waals surface area contributed by atoms with E-state index >= 15 is 0 Å². The van der Waals surface area contributed by atoms with Crippen molar-refractivity contribution in [2.75, 3.05) is 14.2 Å². The Morgan fingerprint density at radius 3 is 2.45 bits per heavy atom. The third kappa shape index (κ3) is 3.97. The van der Waals surface area contributed by atoms with Gasteiger partial charge in [0, 0.05) is 13.1 Å². The van der Waals surface area contributed by atoms with E-state index in [0.717, 1.165) is 17.7 Å². The van der Waals surface area contributed by atoms with Crippen LogP contribution in [0.5, 0.6) is 5.75 Å². The van der Waals surface area contributed by atoms with Gasteiger partial charge < -0.3 is 15.4 Å². The van der Waals surface area contributed by atoms with Crippen molar-refractivity contribution in [2.24, 2.45) is 11.7 Å². The van der Waals surface area contributed by atoms with E-state index in [1.54, 1.807) is 12.0 Å². The molecular formula is C16H26N2O2. The van der Waals surface area contributed by atoms with Crippen LogP contribution in [-0.4, -0.2) is 37.0 Å². The van der Waals surface area contributed by atoms with Gasteiger partial charge in [0.05, 0.1) is 13.2 Å². The normalized spacial score (nSPS) is 13.9. The second kappa shape index (κ2) is 7.29. The first kappa shape index (κ1) is 16.5. The van der Waals surface area contributed by atoms with Crippen molar-refractivity contribution < 1.29 is 9.53 Å². The molecule has 0 saturated heterocycles. The van der Waals surface area contributed by atoms with Crippen LogP contribution in [0.25, 0.3) is 0 Å². The highest BCUT2D eigenvalue weighted by atomic mass is 16.5. The standard InChI is InChI=1S/C16H26N2O2/c1-11(2)15(17)16(19)18(4)12(3)10-13-8-6-7-9-14(13)20-5/h6-9,11-12,15H,10,17H2,1-5H3. The number of rotatable bonds is 6. The van der Waals surface area contributed by atoms with Crippen LogP contribution < -0.4 is 10.5 Å². The number of likely N-dealkylation sites (N-methyl/N-ethyl adjacent to an activating group) is 1. The Morgan fingerprint density at radius 2 is 1.90 bits per heavy atom. The van der Waals surface area contributed by atoms with Gasteiger partial charge in [0.2, 0.25) is 5.91 Å². The summed E-state index contributed by atoms with van der Waals surface area (Å²) in [6.45, 7) is 5.94. The number of methoxy groups -OCH3 is 1. The lowest BCUT2D eigenvalue weighted by molar-refractivity contribution is -0.134. The van der Waals surface area contributed by atoms with E-state index in [1.165, 1.54) is 0 Å². The second-order valence-electron chi connectivity index (χ2n) is 5.58. The van der Waals surface area contributed by atoms with Gasteiger partial charge in [-0.2, -0.15) is 0 Å². The van der Waals surface area contributed by atoms with Crippen LogP contribution in [0.2, 0.25) is 0 Å². The summed E-state index contributed by atoms with van der Waals surface area (Å²) >= 11 is 0. The summed E-state index contributed by atoms with van der Waals surface area (Å²) in [5.41, 5.74) is 7.03. The highest BCUT2D eigenvalue weighted by Gasteiger charge is 2.24. The van der Waals surface area contributed by atoms with Crippen molar-refractivity contribution in [1.29, 1.82) is 0 Å². The molecule has 2 N–H and O–H groups in total. The predicted molar refractivity (Wildman–Crippen MR) is 81.7 cm³/mol. The molecule has 1 rings (SSSR count). The molecule has 1 aromatic rings. The molecule has 0 aliphatic rings. The summed E-state index contributed by atoms with van der Waals surface area (Å²) < 4.78 is 5.34. The lowest BCUT2D eigenvalue weighted by Crippen LogP contribution is -2.48. The van der Waals surface area contributed by atoms with Crippen LogP contribution in [0.15, 0.2) is 24.3 Å². The zero-order valence-electron chi connectivity index (χ0n) is 13.1. The minimum absolute atomic E-state index is 0.0117. The summed E-state index contributed by atoms with van der Waals surface area (Å²) in [7, 11) is 3.47. The SMILES string of the molecule is COc1ccccc1CC(C)N(C)C(=O)C(N)C(C)C. The number of nitrogens with two attached hydrogens (primary N) is 1. The predicted octanol–water partition coefficient (Wildman–Crippen LogP) is 2.07. The van der Waals surface area contributed by atoms with Gasteiger partial charge in [0.1, 0.15) is 5.75 Å². The van der Waals surface area contributed by atoms with Crippen molar-refractivity contribution in [3.63, 3.8) is 0 Å². The minimum atomic E-state index is -0.444. The molecule has 20 heavy (non-hydrogen) atoms. The van der Waals surface area contributed by atoms with Crippen LogP contribution in [0.4, 0.5) is 0 Å². The quantitative estimate of drug-likeness (QED) is 0.866. The Kier molecular flexibility index (Phi) is 6.02. The number of hydrogen-bond donors (Lipinski definition) is 1. The summed E-state index contributed by atoms with van der Waals surface area (Å²) in [6.07, 6.45) is 0.747. The number of nitrogens with zero attached hydrogens (tertiary/aromatic N) is 1. The van der Waals surface area contributed by atoms with Gasteiger partial charge in [-0.25, -0.2) is 0 Å². The van der Waals surface area contributed by atoms with E-state index in [2.05, 4.69) is 0 Å². The molecule has 4 heteroatoms. The fourth-order valence-corrected chi connectivity index (χ4v) is 2.06. The zero-order chi connectivity index (χ0) is 15.3. The van der Waals surface area contributed by atoms with Crippen LogP contribution >= 0.6 is 0 Å². The Hall–Kier alpha value is -1.55. The number of para-hydroxylation sites is 1. The number of carbonyl (C=O) groups is 1. The second-order valence-corrected chi connectivity index (χ2v) is 5.58. The Bertz CT molecular complexity index is 446. The van der Waals surface area contributed by atoms with Crippen molar-refractivity contribution >= 4 is 5.91 Å². The minimum Gasteiger partial charge on any atom is -0.496 e. The molecule has 1 aromatic carbocycles. The number of amides is 1.